The number of amidine groups is 1. The molecule has 0 spiro atoms. The summed E-state index contributed by atoms with van der Waals surface area (Å²) >= 11 is 1.86. The summed E-state index contributed by atoms with van der Waals surface area (Å²) in [5.41, 5.74) is 25.5. The van der Waals surface area contributed by atoms with Crippen molar-refractivity contribution < 1.29 is 9.84 Å². The molecule has 10 N–H and O–H groups in total. The van der Waals surface area contributed by atoms with Gasteiger partial charge in [-0.15, -0.1) is 0 Å². The summed E-state index contributed by atoms with van der Waals surface area (Å²) in [7, 11) is 2.02. The average Bonchev–Trinajstić information content (AvgIpc) is 3.20. The van der Waals surface area contributed by atoms with Crippen molar-refractivity contribution in [1.82, 2.24) is 25.8 Å². The third kappa shape index (κ3) is 6.68. The summed E-state index contributed by atoms with van der Waals surface area (Å²) in [5.74, 6) is -1.99. The van der Waals surface area contributed by atoms with Crippen LogP contribution in [-0.2, 0) is 4.74 Å². The molecule has 2 aromatic carbocycles. The Kier molecular flexibility index (Phi) is 11.9. The van der Waals surface area contributed by atoms with Gasteiger partial charge in [0.15, 0.2) is 11.5 Å². The molecule has 2 aromatic rings. The Balaban J connectivity index is 2.12. The zero-order valence-corrected chi connectivity index (χ0v) is 36.8. The molecular formula is C41H71N9O2S. The molecule has 2 aliphatic rings. The lowest BCUT2D eigenvalue weighted by atomic mass is 9.76. The molecule has 11 nitrogen and oxygen atoms in total. The summed E-state index contributed by atoms with van der Waals surface area (Å²) in [5, 5.41) is 22.2. The molecule has 0 saturated carbocycles. The second-order valence-electron chi connectivity index (χ2n) is 17.0. The van der Waals surface area contributed by atoms with Gasteiger partial charge in [0.25, 0.3) is 0 Å². The molecule has 0 bridgehead atoms. The van der Waals surface area contributed by atoms with Gasteiger partial charge in [-0.1, -0.05) is 25.6 Å². The van der Waals surface area contributed by atoms with Crippen LogP contribution in [0, 0.1) is 48.5 Å². The maximum atomic E-state index is 10.8. The first-order valence-electron chi connectivity index (χ1n) is 19.2. The molecule has 5 unspecified atom stereocenters. The van der Waals surface area contributed by atoms with E-state index in [4.69, 9.17) is 26.9 Å². The maximum absolute atomic E-state index is 10.8. The molecule has 5 atom stereocenters. The van der Waals surface area contributed by atoms with Gasteiger partial charge >= 0.3 is 0 Å². The van der Waals surface area contributed by atoms with E-state index in [1.807, 2.05) is 32.7 Å². The minimum absolute atomic E-state index is 0.103. The lowest BCUT2D eigenvalue weighted by Crippen LogP contribution is -2.90. The molecule has 2 aliphatic heterocycles. The predicted molar refractivity (Wildman–Crippen MR) is 222 cm³/mol. The molecule has 4 rings (SSSR count). The van der Waals surface area contributed by atoms with Crippen molar-refractivity contribution in [2.45, 2.75) is 174 Å². The predicted octanol–water partition coefficient (Wildman–Crippen LogP) is 5.40. The van der Waals surface area contributed by atoms with E-state index in [0.717, 1.165) is 11.5 Å². The van der Waals surface area contributed by atoms with Crippen LogP contribution in [0.15, 0.2) is 20.8 Å². The highest BCUT2D eigenvalue weighted by Crippen LogP contribution is 2.51. The van der Waals surface area contributed by atoms with E-state index >= 15 is 0 Å². The molecule has 0 aliphatic carbocycles. The van der Waals surface area contributed by atoms with E-state index in [1.165, 1.54) is 61.2 Å². The molecule has 298 valence electrons. The topological polar surface area (TPSA) is 162 Å². The number of hydrogen-bond acceptors (Lipinski definition) is 12. The standard InChI is InChI=1S/C41H71N9O2S/c1-19-46-39(17,52-41(43,44)38(16,42)51)37(14,15)49-29(10)36(12,13)50(40(45-18,30(49)11)47-20-2)35-32-26(7)24(5)25(6)28(9)34(32)53-33-27(8)23(4)22(3)21-31(33)48-35/h21,29-30,45-47,51H,19-20,42-44H2,1-18H3. The molecule has 0 amide bonds. The Morgan fingerprint density at radius 3 is 1.91 bits per heavy atom. The van der Waals surface area contributed by atoms with Crippen molar-refractivity contribution in [2.75, 3.05) is 20.1 Å². The van der Waals surface area contributed by atoms with Gasteiger partial charge in [0.1, 0.15) is 11.6 Å². The molecule has 0 aromatic heterocycles. The Bertz CT molecular complexity index is 1760. The second-order valence-corrected chi connectivity index (χ2v) is 18.0. The van der Waals surface area contributed by atoms with Crippen molar-refractivity contribution in [3.8, 4) is 0 Å². The number of rotatable bonds is 10. The number of benzene rings is 2. The van der Waals surface area contributed by atoms with Crippen molar-refractivity contribution in [1.29, 1.82) is 0 Å². The monoisotopic (exact) mass is 754 g/mol. The molecule has 2 heterocycles. The second kappa shape index (κ2) is 14.4. The third-order valence-electron chi connectivity index (χ3n) is 13.3. The third-order valence-corrected chi connectivity index (χ3v) is 14.7. The fourth-order valence-corrected chi connectivity index (χ4v) is 10.2. The lowest BCUT2D eigenvalue weighted by Gasteiger charge is -2.70. The molecule has 1 fully saturated rings. The largest absolute Gasteiger partial charge is 0.371 e. The van der Waals surface area contributed by atoms with Gasteiger partial charge in [-0.25, -0.2) is 4.99 Å². The van der Waals surface area contributed by atoms with Crippen LogP contribution in [0.1, 0.15) is 114 Å². The minimum Gasteiger partial charge on any atom is -0.371 e. The highest BCUT2D eigenvalue weighted by molar-refractivity contribution is 7.99. The fourth-order valence-electron chi connectivity index (χ4n) is 8.78. The molecule has 53 heavy (non-hydrogen) atoms. The summed E-state index contributed by atoms with van der Waals surface area (Å²) in [6, 6.07) is 1.94. The molecule has 1 saturated heterocycles. The average molecular weight is 754 g/mol. The van der Waals surface area contributed by atoms with Crippen LogP contribution in [0.5, 0.6) is 0 Å². The van der Waals surface area contributed by atoms with Gasteiger partial charge in [0.2, 0.25) is 5.85 Å². The van der Waals surface area contributed by atoms with E-state index in [9.17, 15) is 5.11 Å². The quantitative estimate of drug-likeness (QED) is 0.156. The van der Waals surface area contributed by atoms with E-state index in [0.29, 0.717) is 13.1 Å². The fraction of sp³-hybridized carbons (Fsp3) is 0.683. The van der Waals surface area contributed by atoms with Crippen molar-refractivity contribution in [2.24, 2.45) is 22.2 Å². The van der Waals surface area contributed by atoms with E-state index in [-0.39, 0.29) is 12.1 Å². The van der Waals surface area contributed by atoms with Crippen LogP contribution in [0.3, 0.4) is 0 Å². The van der Waals surface area contributed by atoms with Crippen molar-refractivity contribution in [3.05, 3.63) is 50.6 Å². The van der Waals surface area contributed by atoms with Gasteiger partial charge in [-0.2, -0.15) is 0 Å². The normalized spacial score (nSPS) is 24.6. The Hall–Kier alpha value is -2.10. The number of piperazine rings is 1. The SMILES string of the molecule is CCNC1(NC)C(C)N(C(C)(C)C(C)(NCC)OC(N)(N)C(C)(N)O)C(C)C(C)(C)N1C1=Nc2cc(C)c(C)c(C)c2Sc2c(C)c(C)c(C)c(C)c21. The van der Waals surface area contributed by atoms with E-state index in [1.54, 1.807) is 0 Å². The summed E-state index contributed by atoms with van der Waals surface area (Å²) in [4.78, 5) is 13.2. The van der Waals surface area contributed by atoms with E-state index in [2.05, 4.69) is 129 Å². The first-order valence-corrected chi connectivity index (χ1v) is 20.0. The first-order chi connectivity index (χ1) is 24.1. The van der Waals surface area contributed by atoms with E-state index < -0.39 is 34.2 Å². The molecular weight excluding hydrogens is 683 g/mol. The number of likely N-dealkylation sites (N-methyl/N-ethyl adjacent to an activating group) is 3. The number of aryl methyl sites for hydroxylation is 1. The van der Waals surface area contributed by atoms with Crippen LogP contribution >= 0.6 is 11.8 Å². The van der Waals surface area contributed by atoms with Crippen LogP contribution in [0.25, 0.3) is 0 Å². The zero-order chi connectivity index (χ0) is 40.6. The number of fused-ring (bicyclic) bond motifs is 2. The van der Waals surface area contributed by atoms with Gasteiger partial charge in [0, 0.05) is 21.4 Å². The molecule has 0 radical (unpaired) electrons. The lowest BCUT2D eigenvalue weighted by molar-refractivity contribution is -0.286. The number of nitrogens with one attached hydrogen (secondary N) is 3. The van der Waals surface area contributed by atoms with Crippen LogP contribution < -0.4 is 33.2 Å². The van der Waals surface area contributed by atoms with Crippen LogP contribution in [0.2, 0.25) is 0 Å². The molecule has 12 heteroatoms. The number of ether oxygens (including phenoxy) is 1. The van der Waals surface area contributed by atoms with Crippen LogP contribution in [0.4, 0.5) is 5.69 Å². The Labute approximate surface area is 324 Å². The highest BCUT2D eigenvalue weighted by atomic mass is 32.2. The highest BCUT2D eigenvalue weighted by Gasteiger charge is 2.64. The number of aliphatic hydroxyl groups is 1. The van der Waals surface area contributed by atoms with Crippen LogP contribution in [-0.4, -0.2) is 87.1 Å². The van der Waals surface area contributed by atoms with Crippen molar-refractivity contribution in [3.63, 3.8) is 0 Å². The Morgan fingerprint density at radius 1 is 0.849 bits per heavy atom. The summed E-state index contributed by atoms with van der Waals surface area (Å²) in [6.45, 7) is 37.7. The zero-order valence-electron chi connectivity index (χ0n) is 36.0. The van der Waals surface area contributed by atoms with Gasteiger partial charge < -0.3 is 14.7 Å². The maximum Gasteiger partial charge on any atom is 0.214 e. The van der Waals surface area contributed by atoms with Crippen molar-refractivity contribution >= 4 is 23.3 Å². The number of hydrogen-bond donors (Lipinski definition) is 7. The Morgan fingerprint density at radius 2 is 1.40 bits per heavy atom. The summed E-state index contributed by atoms with van der Waals surface area (Å²) < 4.78 is 6.55. The van der Waals surface area contributed by atoms with Gasteiger partial charge in [-0.05, 0) is 169 Å². The minimum atomic E-state index is -2.07. The smallest absolute Gasteiger partial charge is 0.214 e. The number of nitrogens with two attached hydrogens (primary N) is 3. The van der Waals surface area contributed by atoms with Gasteiger partial charge in [0.05, 0.1) is 22.8 Å². The number of aliphatic imine (C=N–C) groups is 1. The first kappa shape index (κ1) is 43.6. The summed E-state index contributed by atoms with van der Waals surface area (Å²) in [6.07, 6.45) is 0. The number of nitrogens with zero attached hydrogens (tertiary/aromatic N) is 3. The van der Waals surface area contributed by atoms with Gasteiger partial charge in [-0.3, -0.25) is 38.1 Å².